The van der Waals surface area contributed by atoms with Crippen molar-refractivity contribution in [1.29, 1.82) is 5.26 Å². The van der Waals surface area contributed by atoms with Gasteiger partial charge in [0.2, 0.25) is 4.77 Å². The van der Waals surface area contributed by atoms with Gasteiger partial charge >= 0.3 is 0 Å². The lowest BCUT2D eigenvalue weighted by Gasteiger charge is -2.17. The molecule has 1 aromatic carbocycles. The number of rotatable bonds is 6. The van der Waals surface area contributed by atoms with E-state index in [0.717, 1.165) is 30.7 Å². The van der Waals surface area contributed by atoms with Crippen molar-refractivity contribution in [3.05, 3.63) is 40.4 Å². The van der Waals surface area contributed by atoms with Gasteiger partial charge in [-0.15, -0.1) is 0 Å². The van der Waals surface area contributed by atoms with Crippen LogP contribution >= 0.6 is 12.2 Å². The molecule has 0 bridgehead atoms. The first-order valence-corrected chi connectivity index (χ1v) is 8.61. The van der Waals surface area contributed by atoms with Crippen LogP contribution in [-0.2, 0) is 4.74 Å². The Balaban J connectivity index is 1.73. The number of aromatic amines is 1. The molecule has 3 rings (SSSR count). The molecule has 1 fully saturated rings. The van der Waals surface area contributed by atoms with Crippen LogP contribution in [0, 0.1) is 16.1 Å². The lowest BCUT2D eigenvalue weighted by Crippen LogP contribution is -2.17. The standard InChI is InChI=1S/C17H20N6OS/c1-22(10-3-9-18)14-7-5-13(6-8-14)12-19-23-16(20-21-17(23)25)15-4-2-11-24-15/h5-8,12,15H,2-4,10-11H2,1H3,(H,21,25)/b19-12-/t15-/m1/s1. The molecule has 1 atom stereocenters. The van der Waals surface area contributed by atoms with E-state index >= 15 is 0 Å². The van der Waals surface area contributed by atoms with E-state index in [-0.39, 0.29) is 6.10 Å². The average molecular weight is 356 g/mol. The quantitative estimate of drug-likeness (QED) is 0.635. The molecule has 25 heavy (non-hydrogen) atoms. The van der Waals surface area contributed by atoms with Gasteiger partial charge in [-0.05, 0) is 42.8 Å². The van der Waals surface area contributed by atoms with E-state index in [1.54, 1.807) is 10.9 Å². The lowest BCUT2D eigenvalue weighted by atomic mass is 10.2. The van der Waals surface area contributed by atoms with Crippen LogP contribution < -0.4 is 4.90 Å². The predicted octanol–water partition coefficient (Wildman–Crippen LogP) is 3.02. The van der Waals surface area contributed by atoms with Crippen molar-refractivity contribution >= 4 is 24.1 Å². The largest absolute Gasteiger partial charge is 0.374 e. The maximum Gasteiger partial charge on any atom is 0.216 e. The van der Waals surface area contributed by atoms with Crippen molar-refractivity contribution in [2.24, 2.45) is 5.10 Å². The third-order valence-electron chi connectivity index (χ3n) is 4.11. The summed E-state index contributed by atoms with van der Waals surface area (Å²) in [5, 5.41) is 20.2. The minimum atomic E-state index is -0.0544. The van der Waals surface area contributed by atoms with Gasteiger partial charge in [0.15, 0.2) is 5.82 Å². The maximum atomic E-state index is 8.67. The number of ether oxygens (including phenoxy) is 1. The molecule has 0 saturated carbocycles. The van der Waals surface area contributed by atoms with Crippen LogP contribution in [0.25, 0.3) is 0 Å². The number of nitrogens with one attached hydrogen (secondary N) is 1. The Morgan fingerprint density at radius 2 is 2.32 bits per heavy atom. The Morgan fingerprint density at radius 3 is 3.00 bits per heavy atom. The third-order valence-corrected chi connectivity index (χ3v) is 4.37. The van der Waals surface area contributed by atoms with Gasteiger partial charge in [-0.1, -0.05) is 12.1 Å². The average Bonchev–Trinajstić information content (AvgIpc) is 3.28. The molecule has 0 radical (unpaired) electrons. The number of hydrogen-bond donors (Lipinski definition) is 1. The summed E-state index contributed by atoms with van der Waals surface area (Å²) in [5.74, 6) is 0.714. The first-order chi connectivity index (χ1) is 12.2. The SMILES string of the molecule is CN(CCC#N)c1ccc(/C=N\n2c([C@H]3CCCO3)n[nH]c2=S)cc1. The van der Waals surface area contributed by atoms with Gasteiger partial charge in [-0.3, -0.25) is 5.10 Å². The van der Waals surface area contributed by atoms with Crippen molar-refractivity contribution < 1.29 is 4.74 Å². The first kappa shape index (κ1) is 17.3. The summed E-state index contributed by atoms with van der Waals surface area (Å²) in [5.41, 5.74) is 2.02. The van der Waals surface area contributed by atoms with Crippen LogP contribution in [-0.4, -0.2) is 41.3 Å². The van der Waals surface area contributed by atoms with Crippen molar-refractivity contribution in [2.75, 3.05) is 25.1 Å². The molecule has 0 aliphatic carbocycles. The Kier molecular flexibility index (Phi) is 5.58. The fraction of sp³-hybridized carbons (Fsp3) is 0.412. The van der Waals surface area contributed by atoms with Gasteiger partial charge < -0.3 is 9.64 Å². The highest BCUT2D eigenvalue weighted by molar-refractivity contribution is 7.71. The number of nitrogens with zero attached hydrogens (tertiary/aromatic N) is 5. The highest BCUT2D eigenvalue weighted by Crippen LogP contribution is 2.27. The number of aromatic nitrogens is 3. The Bertz CT molecular complexity index is 826. The second-order valence-corrected chi connectivity index (χ2v) is 6.25. The topological polar surface area (TPSA) is 82.2 Å². The molecule has 2 heterocycles. The lowest BCUT2D eigenvalue weighted by molar-refractivity contribution is 0.102. The molecule has 0 amide bonds. The fourth-order valence-corrected chi connectivity index (χ4v) is 2.88. The number of benzene rings is 1. The molecular formula is C17H20N6OS. The molecule has 2 aromatic rings. The summed E-state index contributed by atoms with van der Waals surface area (Å²) in [6.07, 6.45) is 4.15. The number of hydrogen-bond acceptors (Lipinski definition) is 6. The van der Waals surface area contributed by atoms with E-state index < -0.39 is 0 Å². The highest BCUT2D eigenvalue weighted by atomic mass is 32.1. The summed E-state index contributed by atoms with van der Waals surface area (Å²) < 4.78 is 7.74. The van der Waals surface area contributed by atoms with E-state index in [9.17, 15) is 0 Å². The summed E-state index contributed by atoms with van der Waals surface area (Å²) >= 11 is 5.26. The number of anilines is 1. The Morgan fingerprint density at radius 1 is 1.52 bits per heavy atom. The molecule has 1 aromatic heterocycles. The van der Waals surface area contributed by atoms with Gasteiger partial charge in [0.05, 0.1) is 18.7 Å². The van der Waals surface area contributed by atoms with E-state index in [2.05, 4.69) is 21.4 Å². The van der Waals surface area contributed by atoms with Crippen molar-refractivity contribution in [2.45, 2.75) is 25.4 Å². The number of nitriles is 1. The summed E-state index contributed by atoms with van der Waals surface area (Å²) in [4.78, 5) is 2.05. The second-order valence-electron chi connectivity index (χ2n) is 5.87. The minimum absolute atomic E-state index is 0.0544. The summed E-state index contributed by atoms with van der Waals surface area (Å²) in [6.45, 7) is 1.45. The smallest absolute Gasteiger partial charge is 0.216 e. The molecule has 130 valence electrons. The van der Waals surface area contributed by atoms with Crippen LogP contribution in [0.4, 0.5) is 5.69 Å². The van der Waals surface area contributed by atoms with E-state index in [1.165, 1.54) is 0 Å². The van der Waals surface area contributed by atoms with Crippen molar-refractivity contribution in [3.63, 3.8) is 0 Å². The number of H-pyrrole nitrogens is 1. The second kappa shape index (κ2) is 8.05. The Hall–Kier alpha value is -2.50. The molecule has 0 spiro atoms. The van der Waals surface area contributed by atoms with Crippen molar-refractivity contribution in [3.8, 4) is 6.07 Å². The molecule has 0 unspecified atom stereocenters. The van der Waals surface area contributed by atoms with Gasteiger partial charge in [0.1, 0.15) is 6.10 Å². The molecule has 1 aliphatic heterocycles. The summed E-state index contributed by atoms with van der Waals surface area (Å²) in [6, 6.07) is 10.1. The Labute approximate surface area is 151 Å². The maximum absolute atomic E-state index is 8.67. The van der Waals surface area contributed by atoms with Gasteiger partial charge in [0.25, 0.3) is 0 Å². The van der Waals surface area contributed by atoms with Gasteiger partial charge in [0, 0.05) is 25.9 Å². The molecule has 7 nitrogen and oxygen atoms in total. The zero-order valence-corrected chi connectivity index (χ0v) is 14.9. The fourth-order valence-electron chi connectivity index (χ4n) is 2.69. The molecule has 1 saturated heterocycles. The zero-order valence-electron chi connectivity index (χ0n) is 14.1. The van der Waals surface area contributed by atoms with Crippen molar-refractivity contribution in [1.82, 2.24) is 14.9 Å². The van der Waals surface area contributed by atoms with E-state index in [1.807, 2.05) is 36.2 Å². The first-order valence-electron chi connectivity index (χ1n) is 8.20. The van der Waals surface area contributed by atoms with E-state index in [4.69, 9.17) is 22.2 Å². The summed E-state index contributed by atoms with van der Waals surface area (Å²) in [7, 11) is 1.97. The normalized spacial score (nSPS) is 17.0. The molecular weight excluding hydrogens is 336 g/mol. The van der Waals surface area contributed by atoms with Crippen LogP contribution in [0.1, 0.15) is 36.8 Å². The predicted molar refractivity (Wildman–Crippen MR) is 98.3 cm³/mol. The molecule has 1 aliphatic rings. The van der Waals surface area contributed by atoms with Crippen LogP contribution in [0.5, 0.6) is 0 Å². The zero-order chi connectivity index (χ0) is 17.6. The third kappa shape index (κ3) is 4.13. The van der Waals surface area contributed by atoms with Gasteiger partial charge in [-0.25, -0.2) is 0 Å². The monoisotopic (exact) mass is 356 g/mol. The van der Waals surface area contributed by atoms with Crippen LogP contribution in [0.2, 0.25) is 0 Å². The minimum Gasteiger partial charge on any atom is -0.374 e. The molecule has 1 N–H and O–H groups in total. The van der Waals surface area contributed by atoms with Gasteiger partial charge in [-0.2, -0.15) is 20.1 Å². The highest BCUT2D eigenvalue weighted by Gasteiger charge is 2.23. The van der Waals surface area contributed by atoms with E-state index in [0.29, 0.717) is 23.6 Å². The molecule has 8 heteroatoms. The van der Waals surface area contributed by atoms with Crippen LogP contribution in [0.15, 0.2) is 29.4 Å². The van der Waals surface area contributed by atoms with Crippen LogP contribution in [0.3, 0.4) is 0 Å².